The fourth-order valence-electron chi connectivity index (χ4n) is 3.64. The molecule has 1 saturated heterocycles. The molecule has 0 unspecified atom stereocenters. The number of hydrogen-bond donors (Lipinski definition) is 2. The number of aliphatic carboxylic acids is 1. The van der Waals surface area contributed by atoms with E-state index in [9.17, 15) is 19.5 Å². The van der Waals surface area contributed by atoms with Crippen LogP contribution in [-0.4, -0.2) is 53.5 Å². The molecule has 32 heavy (non-hydrogen) atoms. The quantitative estimate of drug-likeness (QED) is 0.352. The van der Waals surface area contributed by atoms with Crippen LogP contribution in [0.2, 0.25) is 5.02 Å². The molecular weight excluding hydrogens is 438 g/mol. The molecule has 2 aromatic carbocycles. The van der Waals surface area contributed by atoms with E-state index in [1.165, 1.54) is 19.1 Å². The number of halogens is 1. The van der Waals surface area contributed by atoms with Gasteiger partial charge in [-0.25, -0.2) is 0 Å². The van der Waals surface area contributed by atoms with Crippen LogP contribution in [0, 0.1) is 0 Å². The average molecular weight is 460 g/mol. The minimum Gasteiger partial charge on any atom is -0.507 e. The molecule has 1 heterocycles. The number of hydrogen-bond acceptors (Lipinski definition) is 6. The molecule has 9 heteroatoms. The molecule has 1 aliphatic heterocycles. The lowest BCUT2D eigenvalue weighted by Crippen LogP contribution is -2.31. The average Bonchev–Trinajstić information content (AvgIpc) is 3.03. The Hall–Kier alpha value is -3.52. The van der Waals surface area contributed by atoms with Crippen molar-refractivity contribution in [2.45, 2.75) is 18.9 Å². The molecule has 1 amide bonds. The Kier molecular flexibility index (Phi) is 7.05. The zero-order valence-corrected chi connectivity index (χ0v) is 18.3. The number of amides is 1. The van der Waals surface area contributed by atoms with Crippen molar-refractivity contribution in [2.24, 2.45) is 0 Å². The topological polar surface area (TPSA) is 113 Å². The molecule has 8 nitrogen and oxygen atoms in total. The number of likely N-dealkylation sites (tertiary alicyclic amines) is 1. The number of nitrogens with zero attached hydrogens (tertiary/aromatic N) is 1. The predicted molar refractivity (Wildman–Crippen MR) is 117 cm³/mol. The Labute approximate surface area is 189 Å². The van der Waals surface area contributed by atoms with Gasteiger partial charge in [0.25, 0.3) is 11.7 Å². The Bertz CT molecular complexity index is 1080. The van der Waals surface area contributed by atoms with Crippen LogP contribution < -0.4 is 9.47 Å². The summed E-state index contributed by atoms with van der Waals surface area (Å²) in [6.07, 6.45) is -0.0219. The van der Waals surface area contributed by atoms with Gasteiger partial charge in [-0.3, -0.25) is 14.4 Å². The second-order valence-electron chi connectivity index (χ2n) is 7.11. The number of aliphatic hydroxyl groups excluding tert-OH is 1. The number of aliphatic hydroxyl groups is 1. The number of carboxylic acids is 1. The molecule has 0 radical (unpaired) electrons. The lowest BCUT2D eigenvalue weighted by atomic mass is 9.95. The van der Waals surface area contributed by atoms with E-state index in [2.05, 4.69) is 0 Å². The highest BCUT2D eigenvalue weighted by Gasteiger charge is 2.46. The first-order chi connectivity index (χ1) is 15.3. The van der Waals surface area contributed by atoms with E-state index >= 15 is 0 Å². The number of Topliss-reactive ketones (excluding diaryl/α,β-unsaturated/α-hetero) is 1. The van der Waals surface area contributed by atoms with Crippen molar-refractivity contribution in [3.05, 3.63) is 64.2 Å². The third kappa shape index (κ3) is 4.55. The van der Waals surface area contributed by atoms with E-state index in [-0.39, 0.29) is 30.7 Å². The summed E-state index contributed by atoms with van der Waals surface area (Å²) >= 11 is 5.92. The van der Waals surface area contributed by atoms with E-state index in [0.29, 0.717) is 27.6 Å². The number of carbonyl (C=O) groups excluding carboxylic acids is 2. The Morgan fingerprint density at radius 1 is 1.03 bits per heavy atom. The van der Waals surface area contributed by atoms with E-state index in [1.54, 1.807) is 42.5 Å². The summed E-state index contributed by atoms with van der Waals surface area (Å²) in [4.78, 5) is 38.0. The van der Waals surface area contributed by atoms with Gasteiger partial charge in [0.2, 0.25) is 0 Å². The van der Waals surface area contributed by atoms with Crippen molar-refractivity contribution in [1.29, 1.82) is 0 Å². The summed E-state index contributed by atoms with van der Waals surface area (Å²) in [6, 6.07) is 10.2. The minimum absolute atomic E-state index is 0.0211. The van der Waals surface area contributed by atoms with E-state index in [0.717, 1.165) is 0 Å². The smallest absolute Gasteiger partial charge is 0.303 e. The summed E-state index contributed by atoms with van der Waals surface area (Å²) in [5.74, 6) is -2.19. The Balaban J connectivity index is 2.14. The van der Waals surface area contributed by atoms with Crippen LogP contribution in [0.25, 0.3) is 5.76 Å². The molecule has 1 fully saturated rings. The van der Waals surface area contributed by atoms with Gasteiger partial charge < -0.3 is 24.6 Å². The van der Waals surface area contributed by atoms with Crippen LogP contribution in [0.15, 0.2) is 48.0 Å². The van der Waals surface area contributed by atoms with Gasteiger partial charge in [-0.1, -0.05) is 17.7 Å². The first-order valence-electron chi connectivity index (χ1n) is 9.76. The van der Waals surface area contributed by atoms with Gasteiger partial charge in [-0.15, -0.1) is 0 Å². The van der Waals surface area contributed by atoms with Crippen LogP contribution in [0.3, 0.4) is 0 Å². The van der Waals surface area contributed by atoms with Crippen LogP contribution >= 0.6 is 11.6 Å². The number of benzene rings is 2. The zero-order chi connectivity index (χ0) is 23.4. The van der Waals surface area contributed by atoms with Gasteiger partial charge in [0.05, 0.1) is 25.8 Å². The number of carboxylic acid groups (broad SMARTS) is 1. The maximum atomic E-state index is 12.9. The Morgan fingerprint density at radius 3 is 2.28 bits per heavy atom. The van der Waals surface area contributed by atoms with Crippen molar-refractivity contribution >= 4 is 35.0 Å². The molecule has 3 rings (SSSR count). The van der Waals surface area contributed by atoms with Crippen molar-refractivity contribution in [1.82, 2.24) is 4.90 Å². The van der Waals surface area contributed by atoms with Gasteiger partial charge in [-0.05, 0) is 48.4 Å². The highest BCUT2D eigenvalue weighted by molar-refractivity contribution is 6.46. The van der Waals surface area contributed by atoms with Crippen molar-refractivity contribution in [3.63, 3.8) is 0 Å². The fraction of sp³-hybridized carbons (Fsp3) is 0.261. The number of methoxy groups -OCH3 is 2. The van der Waals surface area contributed by atoms with Crippen molar-refractivity contribution in [3.8, 4) is 11.5 Å². The summed E-state index contributed by atoms with van der Waals surface area (Å²) in [5.41, 5.74) is 0.732. The van der Waals surface area contributed by atoms with Gasteiger partial charge in [0, 0.05) is 23.6 Å². The highest BCUT2D eigenvalue weighted by Crippen LogP contribution is 2.42. The largest absolute Gasteiger partial charge is 0.507 e. The minimum atomic E-state index is -1.01. The third-order valence-electron chi connectivity index (χ3n) is 5.17. The molecule has 1 aliphatic rings. The van der Waals surface area contributed by atoms with Crippen LogP contribution in [0.4, 0.5) is 0 Å². The molecule has 2 N–H and O–H groups in total. The van der Waals surface area contributed by atoms with E-state index in [1.807, 2.05) is 0 Å². The van der Waals surface area contributed by atoms with E-state index < -0.39 is 23.7 Å². The molecule has 1 atom stereocenters. The van der Waals surface area contributed by atoms with Crippen molar-refractivity contribution in [2.75, 3.05) is 20.8 Å². The lowest BCUT2D eigenvalue weighted by molar-refractivity contribution is -0.140. The first-order valence-corrected chi connectivity index (χ1v) is 10.1. The Morgan fingerprint density at radius 2 is 1.69 bits per heavy atom. The molecule has 0 bridgehead atoms. The predicted octanol–water partition coefficient (Wildman–Crippen LogP) is 3.64. The zero-order valence-electron chi connectivity index (χ0n) is 17.5. The third-order valence-corrected chi connectivity index (χ3v) is 5.42. The van der Waals surface area contributed by atoms with Gasteiger partial charge in [0.15, 0.2) is 11.5 Å². The number of rotatable bonds is 8. The molecule has 0 spiro atoms. The number of ketones is 1. The molecule has 0 aliphatic carbocycles. The van der Waals surface area contributed by atoms with Gasteiger partial charge in [0.1, 0.15) is 5.76 Å². The first kappa shape index (κ1) is 23.1. The SMILES string of the molecule is COc1ccc([C@@H]2C(=C(O)c3ccc(Cl)cc3)C(=O)C(=O)N2CCCC(=O)O)cc1OC. The molecule has 0 saturated carbocycles. The van der Waals surface area contributed by atoms with Crippen molar-refractivity contribution < 1.29 is 34.1 Å². The second-order valence-corrected chi connectivity index (χ2v) is 7.55. The van der Waals surface area contributed by atoms with Gasteiger partial charge >= 0.3 is 5.97 Å². The van der Waals surface area contributed by atoms with E-state index in [4.69, 9.17) is 26.2 Å². The van der Waals surface area contributed by atoms with Crippen LogP contribution in [0.5, 0.6) is 11.5 Å². The number of carbonyl (C=O) groups is 3. The fourth-order valence-corrected chi connectivity index (χ4v) is 3.77. The normalized spacial score (nSPS) is 17.5. The van der Waals surface area contributed by atoms with Gasteiger partial charge in [-0.2, -0.15) is 0 Å². The maximum absolute atomic E-state index is 12.9. The monoisotopic (exact) mass is 459 g/mol. The number of ether oxygens (including phenoxy) is 2. The molecular formula is C23H22ClNO7. The summed E-state index contributed by atoms with van der Waals surface area (Å²) in [6.45, 7) is 0.0211. The molecule has 2 aromatic rings. The standard InChI is InChI=1S/C23H22ClNO7/c1-31-16-10-7-14(12-17(16)32-2)20-19(21(28)13-5-8-15(24)9-6-13)22(29)23(30)25(20)11-3-4-18(26)27/h5-10,12,20,28H,3-4,11H2,1-2H3,(H,26,27)/t20-/m1/s1. The summed E-state index contributed by atoms with van der Waals surface area (Å²) in [5, 5.41) is 20.4. The second kappa shape index (κ2) is 9.74. The molecule has 168 valence electrons. The lowest BCUT2D eigenvalue weighted by Gasteiger charge is -2.25. The summed E-state index contributed by atoms with van der Waals surface area (Å²) < 4.78 is 10.6. The summed E-state index contributed by atoms with van der Waals surface area (Å²) in [7, 11) is 2.94. The van der Waals surface area contributed by atoms with Crippen LogP contribution in [-0.2, 0) is 14.4 Å². The maximum Gasteiger partial charge on any atom is 0.303 e. The van der Waals surface area contributed by atoms with Crippen LogP contribution in [0.1, 0.15) is 30.0 Å². The highest BCUT2D eigenvalue weighted by atomic mass is 35.5. The molecule has 0 aromatic heterocycles.